The average molecular weight is 528 g/mol. The number of carbonyl (C=O) groups excluding carboxylic acids is 1. The molecular formula is C23H30ClN3O5S2. The summed E-state index contributed by atoms with van der Waals surface area (Å²) in [6, 6.07) is 11.2. The van der Waals surface area contributed by atoms with Crippen molar-refractivity contribution in [3.8, 4) is 0 Å². The van der Waals surface area contributed by atoms with E-state index >= 15 is 0 Å². The molecule has 1 atom stereocenters. The Bertz CT molecular complexity index is 1210. The molecule has 11 heteroatoms. The maximum atomic E-state index is 13.1. The summed E-state index contributed by atoms with van der Waals surface area (Å²) < 4.78 is 53.6. The molecule has 34 heavy (non-hydrogen) atoms. The standard InChI is InChI=1S/C23H30ClN3O5S2/c1-3-22(27(33(2,29)30)20-10-8-9-18(24)17-20)23(28)25-19-11-13-21(14-12-19)34(31,32)26-15-6-4-5-7-16-26/h8-14,17,22H,3-7,15-16H2,1-2H3,(H,25,28)/t22-/m1/s1. The summed E-state index contributed by atoms with van der Waals surface area (Å²) in [6.07, 6.45) is 4.98. The third-order valence-electron chi connectivity index (χ3n) is 5.72. The molecule has 1 saturated heterocycles. The van der Waals surface area contributed by atoms with Crippen LogP contribution in [0.3, 0.4) is 0 Å². The Morgan fingerprint density at radius 1 is 1.03 bits per heavy atom. The molecule has 0 aromatic heterocycles. The van der Waals surface area contributed by atoms with Gasteiger partial charge in [0, 0.05) is 23.8 Å². The minimum Gasteiger partial charge on any atom is -0.324 e. The number of carbonyl (C=O) groups is 1. The highest BCUT2D eigenvalue weighted by molar-refractivity contribution is 7.92. The van der Waals surface area contributed by atoms with Crippen LogP contribution in [-0.4, -0.2) is 52.4 Å². The predicted molar refractivity (Wildman–Crippen MR) is 135 cm³/mol. The molecule has 186 valence electrons. The van der Waals surface area contributed by atoms with Crippen LogP contribution in [0.5, 0.6) is 0 Å². The Labute approximate surface area is 207 Å². The summed E-state index contributed by atoms with van der Waals surface area (Å²) in [5.41, 5.74) is 0.661. The number of halogens is 1. The second-order valence-corrected chi connectivity index (χ2v) is 12.5. The first-order chi connectivity index (χ1) is 16.0. The number of rotatable bonds is 8. The second kappa shape index (κ2) is 11.1. The summed E-state index contributed by atoms with van der Waals surface area (Å²) >= 11 is 6.04. The predicted octanol–water partition coefficient (Wildman–Crippen LogP) is 4.09. The number of sulfonamides is 2. The molecule has 0 saturated carbocycles. The summed E-state index contributed by atoms with van der Waals surface area (Å²) in [5.74, 6) is -0.531. The number of hydrogen-bond donors (Lipinski definition) is 1. The molecule has 0 spiro atoms. The Balaban J connectivity index is 1.80. The molecule has 0 bridgehead atoms. The van der Waals surface area contributed by atoms with Crippen LogP contribution in [0.15, 0.2) is 53.4 Å². The van der Waals surface area contributed by atoms with Crippen LogP contribution in [0.2, 0.25) is 5.02 Å². The van der Waals surface area contributed by atoms with E-state index in [-0.39, 0.29) is 17.0 Å². The van der Waals surface area contributed by atoms with Gasteiger partial charge in [-0.2, -0.15) is 4.31 Å². The van der Waals surface area contributed by atoms with E-state index in [4.69, 9.17) is 11.6 Å². The SMILES string of the molecule is CC[C@H](C(=O)Nc1ccc(S(=O)(=O)N2CCCCCC2)cc1)N(c1cccc(Cl)c1)S(C)(=O)=O. The number of nitrogens with one attached hydrogen (secondary N) is 1. The van der Waals surface area contributed by atoms with Gasteiger partial charge in [0.15, 0.2) is 0 Å². The molecule has 8 nitrogen and oxygen atoms in total. The van der Waals surface area contributed by atoms with Crippen molar-refractivity contribution in [2.24, 2.45) is 0 Å². The Kier molecular flexibility index (Phi) is 8.62. The summed E-state index contributed by atoms with van der Waals surface area (Å²) in [7, 11) is -7.40. The Morgan fingerprint density at radius 3 is 2.18 bits per heavy atom. The lowest BCUT2D eigenvalue weighted by molar-refractivity contribution is -0.117. The Hall–Kier alpha value is -2.14. The van der Waals surface area contributed by atoms with Crippen LogP contribution in [0.25, 0.3) is 0 Å². The molecule has 1 N–H and O–H groups in total. The van der Waals surface area contributed by atoms with Gasteiger partial charge in [0.05, 0.1) is 16.8 Å². The summed E-state index contributed by atoms with van der Waals surface area (Å²) in [4.78, 5) is 13.2. The average Bonchev–Trinajstić information content (AvgIpc) is 3.07. The third-order valence-corrected chi connectivity index (χ3v) is 9.04. The first-order valence-corrected chi connectivity index (χ1v) is 14.9. The third kappa shape index (κ3) is 6.29. The van der Waals surface area contributed by atoms with Gasteiger partial charge in [-0.3, -0.25) is 9.10 Å². The quantitative estimate of drug-likeness (QED) is 0.557. The molecule has 3 rings (SSSR count). The lowest BCUT2D eigenvalue weighted by Gasteiger charge is -2.30. The highest BCUT2D eigenvalue weighted by atomic mass is 35.5. The molecule has 1 fully saturated rings. The van der Waals surface area contributed by atoms with Gasteiger partial charge in [0.2, 0.25) is 26.0 Å². The van der Waals surface area contributed by atoms with Crippen LogP contribution in [0.4, 0.5) is 11.4 Å². The highest BCUT2D eigenvalue weighted by Gasteiger charge is 2.32. The monoisotopic (exact) mass is 527 g/mol. The summed E-state index contributed by atoms with van der Waals surface area (Å²) in [6.45, 7) is 2.72. The van der Waals surface area contributed by atoms with E-state index in [1.807, 2.05) is 0 Å². The number of nitrogens with zero attached hydrogens (tertiary/aromatic N) is 2. The van der Waals surface area contributed by atoms with Crippen LogP contribution in [-0.2, 0) is 24.8 Å². The van der Waals surface area contributed by atoms with Crippen molar-refractivity contribution in [2.45, 2.75) is 50.0 Å². The molecular weight excluding hydrogens is 498 g/mol. The first-order valence-electron chi connectivity index (χ1n) is 11.2. The van der Waals surface area contributed by atoms with Crippen LogP contribution in [0.1, 0.15) is 39.0 Å². The van der Waals surface area contributed by atoms with Gasteiger partial charge in [-0.05, 0) is 61.7 Å². The topological polar surface area (TPSA) is 104 Å². The fourth-order valence-electron chi connectivity index (χ4n) is 4.04. The molecule has 1 aliphatic heterocycles. The molecule has 0 aliphatic carbocycles. The molecule has 1 aliphatic rings. The van der Waals surface area contributed by atoms with Crippen molar-refractivity contribution >= 4 is 48.9 Å². The van der Waals surface area contributed by atoms with Gasteiger partial charge in [0.1, 0.15) is 6.04 Å². The van der Waals surface area contributed by atoms with Gasteiger partial charge in [-0.1, -0.05) is 37.4 Å². The zero-order valence-corrected chi connectivity index (χ0v) is 21.7. The zero-order chi connectivity index (χ0) is 24.9. The van der Waals surface area contributed by atoms with Crippen molar-refractivity contribution in [2.75, 3.05) is 29.0 Å². The second-order valence-electron chi connectivity index (χ2n) is 8.29. The first kappa shape index (κ1) is 26.5. The minimum absolute atomic E-state index is 0.163. The van der Waals surface area contributed by atoms with Gasteiger partial charge in [0.25, 0.3) is 0 Å². The van der Waals surface area contributed by atoms with Crippen molar-refractivity contribution < 1.29 is 21.6 Å². The van der Waals surface area contributed by atoms with E-state index in [2.05, 4.69) is 5.32 Å². The smallest absolute Gasteiger partial charge is 0.248 e. The van der Waals surface area contributed by atoms with Crippen LogP contribution >= 0.6 is 11.6 Å². The zero-order valence-electron chi connectivity index (χ0n) is 19.3. The fraction of sp³-hybridized carbons (Fsp3) is 0.435. The van der Waals surface area contributed by atoms with Gasteiger partial charge in [-0.15, -0.1) is 0 Å². The fourth-order valence-corrected chi connectivity index (χ4v) is 6.95. The van der Waals surface area contributed by atoms with Gasteiger partial charge >= 0.3 is 0 Å². The van der Waals surface area contributed by atoms with Gasteiger partial charge < -0.3 is 5.32 Å². The molecule has 1 amide bonds. The van der Waals surface area contributed by atoms with Crippen molar-refractivity contribution in [1.29, 1.82) is 0 Å². The minimum atomic E-state index is -3.80. The van der Waals surface area contributed by atoms with Gasteiger partial charge in [-0.25, -0.2) is 16.8 Å². The lowest BCUT2D eigenvalue weighted by Crippen LogP contribution is -2.47. The van der Waals surface area contributed by atoms with E-state index in [1.54, 1.807) is 25.1 Å². The number of hydrogen-bond acceptors (Lipinski definition) is 5. The van der Waals surface area contributed by atoms with E-state index in [0.29, 0.717) is 23.8 Å². The molecule has 0 unspecified atom stereocenters. The van der Waals surface area contributed by atoms with Crippen molar-refractivity contribution in [1.82, 2.24) is 4.31 Å². The molecule has 1 heterocycles. The Morgan fingerprint density at radius 2 is 1.65 bits per heavy atom. The van der Waals surface area contributed by atoms with E-state index in [9.17, 15) is 21.6 Å². The number of anilines is 2. The number of benzene rings is 2. The van der Waals surface area contributed by atoms with E-state index in [0.717, 1.165) is 36.2 Å². The van der Waals surface area contributed by atoms with Crippen LogP contribution < -0.4 is 9.62 Å². The molecule has 2 aromatic carbocycles. The van der Waals surface area contributed by atoms with Crippen LogP contribution in [0, 0.1) is 0 Å². The van der Waals surface area contributed by atoms with E-state index in [1.165, 1.54) is 34.6 Å². The maximum absolute atomic E-state index is 13.1. The lowest BCUT2D eigenvalue weighted by atomic mass is 10.2. The highest BCUT2D eigenvalue weighted by Crippen LogP contribution is 2.27. The molecule has 2 aromatic rings. The van der Waals surface area contributed by atoms with E-state index < -0.39 is 32.0 Å². The largest absolute Gasteiger partial charge is 0.324 e. The molecule has 0 radical (unpaired) electrons. The van der Waals surface area contributed by atoms with Crippen molar-refractivity contribution in [3.05, 3.63) is 53.6 Å². The normalized spacial score (nSPS) is 16.4. The van der Waals surface area contributed by atoms with Crippen molar-refractivity contribution in [3.63, 3.8) is 0 Å². The maximum Gasteiger partial charge on any atom is 0.248 e. The summed E-state index contributed by atoms with van der Waals surface area (Å²) in [5, 5.41) is 3.06. The number of amides is 1.